The Morgan fingerprint density at radius 3 is 2.81 bits per heavy atom. The summed E-state index contributed by atoms with van der Waals surface area (Å²) in [5.74, 6) is -1.11. The molecule has 1 heterocycles. The third kappa shape index (κ3) is 4.23. The van der Waals surface area contributed by atoms with Crippen LogP contribution in [0.2, 0.25) is 0 Å². The van der Waals surface area contributed by atoms with Crippen LogP contribution in [-0.4, -0.2) is 11.5 Å². The predicted molar refractivity (Wildman–Crippen MR) is 77.4 cm³/mol. The summed E-state index contributed by atoms with van der Waals surface area (Å²) in [6.07, 6.45) is 2.62. The first-order chi connectivity index (χ1) is 10.1. The van der Waals surface area contributed by atoms with E-state index >= 15 is 0 Å². The van der Waals surface area contributed by atoms with Crippen LogP contribution in [0.3, 0.4) is 0 Å². The van der Waals surface area contributed by atoms with Crippen LogP contribution < -0.4 is 10.1 Å². The van der Waals surface area contributed by atoms with Gasteiger partial charge in [0, 0.05) is 24.4 Å². The zero-order chi connectivity index (χ0) is 15.2. The quantitative estimate of drug-likeness (QED) is 0.866. The lowest BCUT2D eigenvalue weighted by atomic mass is 10.1. The molecule has 2 aromatic rings. The summed E-state index contributed by atoms with van der Waals surface area (Å²) >= 11 is 0. The molecule has 112 valence electrons. The number of halogens is 2. The van der Waals surface area contributed by atoms with Gasteiger partial charge in [0.15, 0.2) is 11.6 Å². The van der Waals surface area contributed by atoms with Crippen LogP contribution in [-0.2, 0) is 0 Å². The fourth-order valence-corrected chi connectivity index (χ4v) is 1.90. The first-order valence-corrected chi connectivity index (χ1v) is 6.92. The van der Waals surface area contributed by atoms with Gasteiger partial charge in [-0.25, -0.2) is 13.8 Å². The zero-order valence-corrected chi connectivity index (χ0v) is 12.1. The van der Waals surface area contributed by atoms with Gasteiger partial charge in [-0.2, -0.15) is 0 Å². The van der Waals surface area contributed by atoms with Crippen molar-refractivity contribution in [3.63, 3.8) is 0 Å². The van der Waals surface area contributed by atoms with E-state index in [1.807, 2.05) is 13.0 Å². The van der Waals surface area contributed by atoms with E-state index in [9.17, 15) is 8.78 Å². The normalized spacial score (nSPS) is 12.2. The van der Waals surface area contributed by atoms with E-state index in [0.29, 0.717) is 0 Å². The van der Waals surface area contributed by atoms with Gasteiger partial charge in [0.2, 0.25) is 5.88 Å². The Balaban J connectivity index is 2.15. The molecule has 1 atom stereocenters. The molecule has 1 N–H and O–H groups in total. The SMILES string of the molecule is CCCNC(C)c1ccnc(Oc2cc(F)ccc2F)c1. The van der Waals surface area contributed by atoms with Gasteiger partial charge < -0.3 is 10.1 Å². The molecule has 0 fully saturated rings. The fourth-order valence-electron chi connectivity index (χ4n) is 1.90. The third-order valence-corrected chi connectivity index (χ3v) is 3.07. The number of rotatable bonds is 6. The maximum atomic E-state index is 13.5. The number of benzene rings is 1. The highest BCUT2D eigenvalue weighted by molar-refractivity contribution is 5.31. The first kappa shape index (κ1) is 15.4. The van der Waals surface area contributed by atoms with Crippen molar-refractivity contribution in [2.45, 2.75) is 26.3 Å². The van der Waals surface area contributed by atoms with Crippen molar-refractivity contribution >= 4 is 0 Å². The number of nitrogens with zero attached hydrogens (tertiary/aromatic N) is 1. The van der Waals surface area contributed by atoms with E-state index < -0.39 is 11.6 Å². The number of ether oxygens (including phenoxy) is 1. The summed E-state index contributed by atoms with van der Waals surface area (Å²) in [6.45, 7) is 5.02. The first-order valence-electron chi connectivity index (χ1n) is 6.92. The van der Waals surface area contributed by atoms with E-state index in [2.05, 4.69) is 17.2 Å². The minimum absolute atomic E-state index is 0.132. The zero-order valence-electron chi connectivity index (χ0n) is 12.1. The standard InChI is InChI=1S/C16H18F2N2O/c1-3-7-19-11(2)12-6-8-20-16(9-12)21-15-10-13(17)4-5-14(15)18/h4-6,8-11,19H,3,7H2,1-2H3. The second kappa shape index (κ2) is 7.13. The van der Waals surface area contributed by atoms with Crippen molar-refractivity contribution in [2.75, 3.05) is 6.54 Å². The second-order valence-electron chi connectivity index (χ2n) is 4.78. The molecule has 0 spiro atoms. The van der Waals surface area contributed by atoms with Gasteiger partial charge in [0.05, 0.1) is 0 Å². The van der Waals surface area contributed by atoms with E-state index in [0.717, 1.165) is 36.7 Å². The lowest BCUT2D eigenvalue weighted by Crippen LogP contribution is -2.19. The van der Waals surface area contributed by atoms with Crippen LogP contribution >= 0.6 is 0 Å². The summed E-state index contributed by atoms with van der Waals surface area (Å²) < 4.78 is 32.0. The van der Waals surface area contributed by atoms with Crippen LogP contribution in [0, 0.1) is 11.6 Å². The molecular formula is C16H18F2N2O. The Morgan fingerprint density at radius 2 is 2.05 bits per heavy atom. The van der Waals surface area contributed by atoms with Gasteiger partial charge in [0.1, 0.15) is 5.82 Å². The van der Waals surface area contributed by atoms with E-state index in [1.165, 1.54) is 0 Å². The van der Waals surface area contributed by atoms with E-state index in [1.54, 1.807) is 12.3 Å². The van der Waals surface area contributed by atoms with Crippen LogP contribution in [0.5, 0.6) is 11.6 Å². The Hall–Kier alpha value is -2.01. The Labute approximate surface area is 123 Å². The van der Waals surface area contributed by atoms with Gasteiger partial charge >= 0.3 is 0 Å². The minimum atomic E-state index is -0.624. The molecule has 1 aromatic heterocycles. The lowest BCUT2D eigenvalue weighted by Gasteiger charge is -2.14. The number of aromatic nitrogens is 1. The van der Waals surface area contributed by atoms with Crippen molar-refractivity contribution in [1.29, 1.82) is 0 Å². The van der Waals surface area contributed by atoms with Crippen molar-refractivity contribution in [2.24, 2.45) is 0 Å². The second-order valence-corrected chi connectivity index (χ2v) is 4.78. The highest BCUT2D eigenvalue weighted by Gasteiger charge is 2.10. The van der Waals surface area contributed by atoms with Gasteiger partial charge in [-0.1, -0.05) is 6.92 Å². The minimum Gasteiger partial charge on any atom is -0.436 e. The van der Waals surface area contributed by atoms with Crippen molar-refractivity contribution in [1.82, 2.24) is 10.3 Å². The molecule has 3 nitrogen and oxygen atoms in total. The van der Waals surface area contributed by atoms with Crippen molar-refractivity contribution in [3.05, 3.63) is 53.7 Å². The van der Waals surface area contributed by atoms with Crippen molar-refractivity contribution < 1.29 is 13.5 Å². The topological polar surface area (TPSA) is 34.2 Å². The molecule has 0 amide bonds. The Kier molecular flexibility index (Phi) is 5.22. The van der Waals surface area contributed by atoms with Gasteiger partial charge in [-0.05, 0) is 43.7 Å². The molecule has 2 rings (SSSR count). The molecule has 5 heteroatoms. The van der Waals surface area contributed by atoms with E-state index in [4.69, 9.17) is 4.74 Å². The molecular weight excluding hydrogens is 274 g/mol. The monoisotopic (exact) mass is 292 g/mol. The predicted octanol–water partition coefficient (Wildman–Crippen LogP) is 4.21. The number of pyridine rings is 1. The molecule has 0 radical (unpaired) electrons. The highest BCUT2D eigenvalue weighted by atomic mass is 19.1. The molecule has 1 aromatic carbocycles. The molecule has 0 bridgehead atoms. The molecule has 0 aliphatic carbocycles. The third-order valence-electron chi connectivity index (χ3n) is 3.07. The smallest absolute Gasteiger partial charge is 0.219 e. The number of hydrogen-bond acceptors (Lipinski definition) is 3. The van der Waals surface area contributed by atoms with Crippen LogP contribution in [0.1, 0.15) is 31.9 Å². The van der Waals surface area contributed by atoms with Crippen molar-refractivity contribution in [3.8, 4) is 11.6 Å². The maximum Gasteiger partial charge on any atom is 0.219 e. The summed E-state index contributed by atoms with van der Waals surface area (Å²) in [7, 11) is 0. The molecule has 0 aliphatic rings. The molecule has 0 aliphatic heterocycles. The summed E-state index contributed by atoms with van der Waals surface area (Å²) in [5.41, 5.74) is 0.977. The average molecular weight is 292 g/mol. The van der Waals surface area contributed by atoms with Crippen LogP contribution in [0.15, 0.2) is 36.5 Å². The summed E-state index contributed by atoms with van der Waals surface area (Å²) in [4.78, 5) is 4.03. The summed E-state index contributed by atoms with van der Waals surface area (Å²) in [6, 6.07) is 6.79. The van der Waals surface area contributed by atoms with Gasteiger partial charge in [-0.15, -0.1) is 0 Å². The average Bonchev–Trinajstić information content (AvgIpc) is 2.49. The molecule has 21 heavy (non-hydrogen) atoms. The van der Waals surface area contributed by atoms with Crippen LogP contribution in [0.25, 0.3) is 0 Å². The number of nitrogens with one attached hydrogen (secondary N) is 1. The lowest BCUT2D eigenvalue weighted by molar-refractivity contribution is 0.421. The van der Waals surface area contributed by atoms with Gasteiger partial charge in [-0.3, -0.25) is 0 Å². The largest absolute Gasteiger partial charge is 0.436 e. The Bertz CT molecular complexity index is 605. The Morgan fingerprint density at radius 1 is 1.24 bits per heavy atom. The van der Waals surface area contributed by atoms with E-state index in [-0.39, 0.29) is 17.7 Å². The molecule has 0 saturated heterocycles. The number of hydrogen-bond donors (Lipinski definition) is 1. The highest BCUT2D eigenvalue weighted by Crippen LogP contribution is 2.25. The molecule has 0 saturated carbocycles. The fraction of sp³-hybridized carbons (Fsp3) is 0.312. The van der Waals surface area contributed by atoms with Gasteiger partial charge in [0.25, 0.3) is 0 Å². The summed E-state index contributed by atoms with van der Waals surface area (Å²) in [5, 5.41) is 3.34. The molecule has 1 unspecified atom stereocenters. The van der Waals surface area contributed by atoms with Crippen LogP contribution in [0.4, 0.5) is 8.78 Å². The maximum absolute atomic E-state index is 13.5.